The van der Waals surface area contributed by atoms with Crippen LogP contribution in [0, 0.1) is 19.7 Å². The maximum Gasteiger partial charge on any atom is 0.270 e. The second-order valence-electron chi connectivity index (χ2n) is 7.07. The molecule has 0 spiro atoms. The number of nitrogens with one attached hydrogen (secondary N) is 1. The van der Waals surface area contributed by atoms with Gasteiger partial charge in [-0.05, 0) is 43.2 Å². The molecule has 0 radical (unpaired) electrons. The van der Waals surface area contributed by atoms with Gasteiger partial charge in [0, 0.05) is 11.8 Å². The first-order chi connectivity index (χ1) is 14.4. The summed E-state index contributed by atoms with van der Waals surface area (Å²) in [6.07, 6.45) is 3.25. The summed E-state index contributed by atoms with van der Waals surface area (Å²) in [5, 5.41) is 7.34. The number of hydrogen-bond donors (Lipinski definition) is 1. The van der Waals surface area contributed by atoms with E-state index >= 15 is 0 Å². The second kappa shape index (κ2) is 8.04. The van der Waals surface area contributed by atoms with Gasteiger partial charge in [-0.2, -0.15) is 5.10 Å². The molecule has 1 aliphatic heterocycles. The van der Waals surface area contributed by atoms with Gasteiger partial charge in [-0.1, -0.05) is 11.6 Å². The van der Waals surface area contributed by atoms with Crippen LogP contribution in [0.1, 0.15) is 38.9 Å². The second-order valence-corrected chi connectivity index (χ2v) is 7.44. The van der Waals surface area contributed by atoms with Crippen LogP contribution in [0.5, 0.6) is 5.75 Å². The first kappa shape index (κ1) is 20.3. The zero-order chi connectivity index (χ0) is 21.4. The highest BCUT2D eigenvalue weighted by Gasteiger charge is 2.29. The Morgan fingerprint density at radius 1 is 1.33 bits per heavy atom. The Morgan fingerprint density at radius 2 is 2.13 bits per heavy atom. The number of hydrogen-bond acceptors (Lipinski definition) is 5. The minimum absolute atomic E-state index is 0.0728. The summed E-state index contributed by atoms with van der Waals surface area (Å²) in [5.74, 6) is -0.533. The molecule has 30 heavy (non-hydrogen) atoms. The van der Waals surface area contributed by atoms with E-state index in [1.54, 1.807) is 18.5 Å². The van der Waals surface area contributed by atoms with E-state index in [1.807, 2.05) is 13.8 Å². The fraction of sp³-hybridized carbons (Fsp3) is 0.286. The van der Waals surface area contributed by atoms with Gasteiger partial charge in [0.2, 0.25) is 0 Å². The van der Waals surface area contributed by atoms with E-state index in [2.05, 4.69) is 15.4 Å². The molecule has 9 heteroatoms. The van der Waals surface area contributed by atoms with Crippen molar-refractivity contribution >= 4 is 17.5 Å². The van der Waals surface area contributed by atoms with Crippen LogP contribution in [0.3, 0.4) is 0 Å². The largest absolute Gasteiger partial charge is 0.495 e. The fourth-order valence-corrected chi connectivity index (χ4v) is 3.66. The summed E-state index contributed by atoms with van der Waals surface area (Å²) in [6, 6.07) is 4.01. The van der Waals surface area contributed by atoms with E-state index in [9.17, 15) is 9.18 Å². The number of aryl methyl sites for hydroxylation is 2. The van der Waals surface area contributed by atoms with Gasteiger partial charge < -0.3 is 14.8 Å². The minimum Gasteiger partial charge on any atom is -0.495 e. The van der Waals surface area contributed by atoms with Crippen molar-refractivity contribution in [3.05, 3.63) is 69.5 Å². The third-order valence-electron chi connectivity index (χ3n) is 5.17. The van der Waals surface area contributed by atoms with Crippen molar-refractivity contribution in [3.63, 3.8) is 0 Å². The number of methoxy groups -OCH3 is 1. The predicted octanol–water partition coefficient (Wildman–Crippen LogP) is 3.69. The Labute approximate surface area is 177 Å². The van der Waals surface area contributed by atoms with Crippen molar-refractivity contribution in [2.45, 2.75) is 26.5 Å². The smallest absolute Gasteiger partial charge is 0.270 e. The molecule has 0 bridgehead atoms. The number of rotatable bonds is 4. The molecule has 0 fully saturated rings. The predicted molar refractivity (Wildman–Crippen MR) is 109 cm³/mol. The lowest BCUT2D eigenvalue weighted by atomic mass is 10.1. The summed E-state index contributed by atoms with van der Waals surface area (Å²) < 4.78 is 26.8. The lowest BCUT2D eigenvalue weighted by molar-refractivity contribution is 0.0684. The average Bonchev–Trinajstić information content (AvgIpc) is 3.15. The number of pyridine rings is 1. The molecule has 1 atom stereocenters. The van der Waals surface area contributed by atoms with Crippen LogP contribution in [0.4, 0.5) is 4.39 Å². The van der Waals surface area contributed by atoms with Crippen molar-refractivity contribution in [1.29, 1.82) is 0 Å². The Morgan fingerprint density at radius 3 is 2.87 bits per heavy atom. The van der Waals surface area contributed by atoms with Crippen molar-refractivity contribution in [2.75, 3.05) is 13.7 Å². The van der Waals surface area contributed by atoms with E-state index in [0.29, 0.717) is 17.1 Å². The van der Waals surface area contributed by atoms with Crippen LogP contribution in [0.25, 0.3) is 5.69 Å². The molecule has 0 saturated heterocycles. The number of aromatic nitrogens is 3. The molecule has 1 aliphatic rings. The van der Waals surface area contributed by atoms with Crippen LogP contribution in [0.15, 0.2) is 30.6 Å². The summed E-state index contributed by atoms with van der Waals surface area (Å²) in [7, 11) is 1.46. The molecular formula is C21H20ClFN4O3. The molecule has 3 heterocycles. The lowest BCUT2D eigenvalue weighted by Gasteiger charge is -2.24. The van der Waals surface area contributed by atoms with Crippen LogP contribution in [-0.2, 0) is 11.3 Å². The van der Waals surface area contributed by atoms with Crippen molar-refractivity contribution < 1.29 is 18.7 Å². The number of amides is 1. The highest BCUT2D eigenvalue weighted by Crippen LogP contribution is 2.35. The number of ether oxygens (including phenoxy) is 2. The Hall–Kier alpha value is -2.97. The molecule has 3 aromatic rings. The zero-order valence-corrected chi connectivity index (χ0v) is 17.5. The molecule has 4 rings (SSSR count). The molecule has 1 amide bonds. The third-order valence-corrected chi connectivity index (χ3v) is 5.54. The molecular weight excluding hydrogens is 411 g/mol. The van der Waals surface area contributed by atoms with Crippen molar-refractivity contribution in [2.24, 2.45) is 0 Å². The lowest BCUT2D eigenvalue weighted by Crippen LogP contribution is -2.34. The van der Waals surface area contributed by atoms with E-state index < -0.39 is 11.9 Å². The van der Waals surface area contributed by atoms with Gasteiger partial charge in [0.15, 0.2) is 5.82 Å². The number of carbonyl (C=O) groups excluding carboxylic acids is 1. The van der Waals surface area contributed by atoms with Gasteiger partial charge in [0.05, 0.1) is 38.3 Å². The summed E-state index contributed by atoms with van der Waals surface area (Å²) in [5.41, 5.74) is 3.72. The molecule has 2 aromatic heterocycles. The van der Waals surface area contributed by atoms with E-state index in [1.165, 1.54) is 23.9 Å². The Kier molecular flexibility index (Phi) is 5.44. The van der Waals surface area contributed by atoms with E-state index in [4.69, 9.17) is 21.1 Å². The summed E-state index contributed by atoms with van der Waals surface area (Å²) in [6.45, 7) is 4.33. The standard InChI is InChI=1S/C21H20ClFN4O3/c1-11-6-15(24-7-12(11)2)21(28)26-16-9-30-10-17-13(16)8-25-27(17)20-14(23)4-5-18(29-3)19(20)22/h4-8,16H,9-10H2,1-3H3,(H,26,28)/t16-/m1/s1. The van der Waals surface area contributed by atoms with Crippen molar-refractivity contribution in [1.82, 2.24) is 20.1 Å². The number of carbonyl (C=O) groups is 1. The highest BCUT2D eigenvalue weighted by atomic mass is 35.5. The normalized spacial score (nSPS) is 15.6. The van der Waals surface area contributed by atoms with E-state index in [-0.39, 0.29) is 29.8 Å². The molecule has 1 N–H and O–H groups in total. The molecule has 0 unspecified atom stereocenters. The van der Waals surface area contributed by atoms with Crippen LogP contribution in [0.2, 0.25) is 5.02 Å². The van der Waals surface area contributed by atoms with E-state index in [0.717, 1.165) is 16.7 Å². The van der Waals surface area contributed by atoms with Crippen LogP contribution < -0.4 is 10.1 Å². The topological polar surface area (TPSA) is 78.3 Å². The summed E-state index contributed by atoms with van der Waals surface area (Å²) >= 11 is 6.33. The third kappa shape index (κ3) is 3.53. The maximum absolute atomic E-state index is 14.6. The van der Waals surface area contributed by atoms with Gasteiger partial charge in [-0.3, -0.25) is 9.78 Å². The molecule has 1 aromatic carbocycles. The Bertz CT molecular complexity index is 1130. The first-order valence-electron chi connectivity index (χ1n) is 9.31. The number of nitrogens with zero attached hydrogens (tertiary/aromatic N) is 3. The monoisotopic (exact) mass is 430 g/mol. The molecule has 156 valence electrons. The quantitative estimate of drug-likeness (QED) is 0.683. The van der Waals surface area contributed by atoms with Crippen molar-refractivity contribution in [3.8, 4) is 11.4 Å². The van der Waals surface area contributed by atoms with Crippen LogP contribution >= 0.6 is 11.6 Å². The van der Waals surface area contributed by atoms with Gasteiger partial charge in [0.1, 0.15) is 22.2 Å². The minimum atomic E-state index is -0.544. The average molecular weight is 431 g/mol. The fourth-order valence-electron chi connectivity index (χ4n) is 3.35. The van der Waals surface area contributed by atoms with Gasteiger partial charge in [0.25, 0.3) is 5.91 Å². The van der Waals surface area contributed by atoms with Gasteiger partial charge in [-0.15, -0.1) is 0 Å². The number of fused-ring (bicyclic) bond motifs is 1. The zero-order valence-electron chi connectivity index (χ0n) is 16.7. The molecule has 0 saturated carbocycles. The molecule has 7 nitrogen and oxygen atoms in total. The first-order valence-corrected chi connectivity index (χ1v) is 9.69. The van der Waals surface area contributed by atoms with Gasteiger partial charge in [-0.25, -0.2) is 9.07 Å². The highest BCUT2D eigenvalue weighted by molar-refractivity contribution is 6.33. The van der Waals surface area contributed by atoms with Gasteiger partial charge >= 0.3 is 0 Å². The number of benzene rings is 1. The Balaban J connectivity index is 1.66. The molecule has 0 aliphatic carbocycles. The summed E-state index contributed by atoms with van der Waals surface area (Å²) in [4.78, 5) is 16.9. The maximum atomic E-state index is 14.6. The number of halogens is 2. The van der Waals surface area contributed by atoms with Crippen LogP contribution in [-0.4, -0.2) is 34.4 Å². The SMILES string of the molecule is COc1ccc(F)c(-n2ncc3c2COC[C@H]3NC(=O)c2cc(C)c(C)cn2)c1Cl.